The number of oxazole rings is 2. The van der Waals surface area contributed by atoms with Crippen molar-refractivity contribution in [1.82, 2.24) is 20.3 Å². The molecule has 0 amide bonds. The molecule has 0 unspecified atom stereocenters. The molecule has 1 aliphatic heterocycles. The monoisotopic (exact) mass is 594 g/mol. The highest BCUT2D eigenvalue weighted by atomic mass is 16.3. The van der Waals surface area contributed by atoms with Crippen LogP contribution in [0.5, 0.6) is 0 Å². The number of fused-ring (bicyclic) bond motifs is 3. The molecule has 0 atom stereocenters. The Balaban J connectivity index is 1.34. The van der Waals surface area contributed by atoms with Gasteiger partial charge in [-0.15, -0.1) is 0 Å². The van der Waals surface area contributed by atoms with Gasteiger partial charge in [-0.25, -0.2) is 9.97 Å². The van der Waals surface area contributed by atoms with Crippen LogP contribution in [0.1, 0.15) is 11.3 Å². The van der Waals surface area contributed by atoms with Gasteiger partial charge in [-0.3, -0.25) is 4.98 Å². The maximum atomic E-state index is 5.66. The van der Waals surface area contributed by atoms with Crippen LogP contribution in [0.25, 0.3) is 77.0 Å². The van der Waals surface area contributed by atoms with E-state index < -0.39 is 0 Å². The van der Waals surface area contributed by atoms with Crippen LogP contribution in [0.15, 0.2) is 150 Å². The first-order valence-corrected chi connectivity index (χ1v) is 15.2. The van der Waals surface area contributed by atoms with E-state index in [1.807, 2.05) is 18.6 Å². The van der Waals surface area contributed by atoms with Crippen LogP contribution >= 0.6 is 0 Å². The van der Waals surface area contributed by atoms with Crippen molar-refractivity contribution in [2.75, 3.05) is 6.54 Å². The third kappa shape index (κ3) is 4.39. The van der Waals surface area contributed by atoms with Crippen molar-refractivity contribution < 1.29 is 8.83 Å². The fraction of sp³-hybridized carbons (Fsp3) is 0.0250. The minimum absolute atomic E-state index is 0.682. The van der Waals surface area contributed by atoms with Crippen LogP contribution in [0, 0.1) is 0 Å². The number of rotatable bonds is 5. The standard InChI is InChI=1S/C40H26N4O2/c1-2-6-26-13-27(10-9-25(26)5-1)28-11-12-35-36(16-28)40(32-15-30(18-42-20-32)38-22-44-24-46-38)34-8-4-3-7-33(34)39(35)31-14-29(17-41-19-31)37-21-43-23-45-37/h1-18,20-24,41H,19H2. The molecule has 5 aromatic carbocycles. The summed E-state index contributed by atoms with van der Waals surface area (Å²) in [5.41, 5.74) is 8.66. The minimum atomic E-state index is 0.682. The highest BCUT2D eigenvalue weighted by Gasteiger charge is 2.21. The third-order valence-electron chi connectivity index (χ3n) is 8.77. The molecular formula is C40H26N4O2. The summed E-state index contributed by atoms with van der Waals surface area (Å²) in [6.07, 6.45) is 14.3. The van der Waals surface area contributed by atoms with E-state index in [9.17, 15) is 0 Å². The molecule has 8 aromatic rings. The lowest BCUT2D eigenvalue weighted by atomic mass is 9.84. The molecule has 4 heterocycles. The van der Waals surface area contributed by atoms with Gasteiger partial charge in [0, 0.05) is 41.8 Å². The third-order valence-corrected chi connectivity index (χ3v) is 8.77. The summed E-state index contributed by atoms with van der Waals surface area (Å²) in [5, 5.41) is 10.5. The second kappa shape index (κ2) is 10.7. The van der Waals surface area contributed by atoms with Crippen molar-refractivity contribution in [3.8, 4) is 33.6 Å². The lowest BCUT2D eigenvalue weighted by Gasteiger charge is -2.22. The molecule has 0 aliphatic carbocycles. The fourth-order valence-corrected chi connectivity index (χ4v) is 6.67. The zero-order valence-electron chi connectivity index (χ0n) is 24.6. The first-order valence-electron chi connectivity index (χ1n) is 15.2. The Labute approximate surface area is 264 Å². The van der Waals surface area contributed by atoms with E-state index >= 15 is 0 Å². The van der Waals surface area contributed by atoms with Gasteiger partial charge in [-0.05, 0) is 84.4 Å². The first kappa shape index (κ1) is 26.2. The van der Waals surface area contributed by atoms with Crippen molar-refractivity contribution >= 4 is 43.5 Å². The number of pyridine rings is 1. The van der Waals surface area contributed by atoms with Crippen molar-refractivity contribution in [2.45, 2.75) is 0 Å². The largest absolute Gasteiger partial charge is 0.443 e. The average molecular weight is 595 g/mol. The molecule has 0 fully saturated rings. The van der Waals surface area contributed by atoms with Crippen molar-refractivity contribution in [3.63, 3.8) is 0 Å². The molecule has 0 saturated heterocycles. The smallest absolute Gasteiger partial charge is 0.181 e. The Morgan fingerprint density at radius 3 is 2.04 bits per heavy atom. The number of dihydropyridines is 1. The van der Waals surface area contributed by atoms with Gasteiger partial charge in [0.25, 0.3) is 0 Å². The lowest BCUT2D eigenvalue weighted by Crippen LogP contribution is -2.14. The molecule has 6 nitrogen and oxygen atoms in total. The highest BCUT2D eigenvalue weighted by molar-refractivity contribution is 6.20. The average Bonchev–Trinajstić information content (AvgIpc) is 3.86. The molecular weight excluding hydrogens is 568 g/mol. The highest BCUT2D eigenvalue weighted by Crippen LogP contribution is 2.44. The second-order valence-corrected chi connectivity index (χ2v) is 11.5. The Bertz CT molecular complexity index is 2470. The molecule has 1 N–H and O–H groups in total. The van der Waals surface area contributed by atoms with Gasteiger partial charge in [0.1, 0.15) is 0 Å². The van der Waals surface area contributed by atoms with Crippen molar-refractivity contribution in [3.05, 3.63) is 152 Å². The Hall–Kier alpha value is -6.27. The zero-order chi connectivity index (χ0) is 30.5. The maximum absolute atomic E-state index is 5.66. The van der Waals surface area contributed by atoms with E-state index in [4.69, 9.17) is 8.83 Å². The molecule has 0 spiro atoms. The lowest BCUT2D eigenvalue weighted by molar-refractivity contribution is 0.545. The molecule has 0 bridgehead atoms. The molecule has 1 aliphatic rings. The van der Waals surface area contributed by atoms with Gasteiger partial charge < -0.3 is 14.2 Å². The Morgan fingerprint density at radius 1 is 0.522 bits per heavy atom. The van der Waals surface area contributed by atoms with Crippen LogP contribution < -0.4 is 5.32 Å². The topological polar surface area (TPSA) is 77.0 Å². The fourth-order valence-electron chi connectivity index (χ4n) is 6.67. The number of aromatic nitrogens is 3. The number of hydrogen-bond donors (Lipinski definition) is 1. The molecule has 9 rings (SSSR count). The zero-order valence-corrected chi connectivity index (χ0v) is 24.6. The predicted octanol–water partition coefficient (Wildman–Crippen LogP) is 9.55. The number of nitrogens with zero attached hydrogens (tertiary/aromatic N) is 3. The summed E-state index contributed by atoms with van der Waals surface area (Å²) < 4.78 is 11.3. The van der Waals surface area contributed by atoms with E-state index in [-0.39, 0.29) is 0 Å². The van der Waals surface area contributed by atoms with Crippen molar-refractivity contribution in [2.24, 2.45) is 0 Å². The van der Waals surface area contributed by atoms with E-state index in [1.165, 1.54) is 45.6 Å². The van der Waals surface area contributed by atoms with Crippen LogP contribution in [-0.2, 0) is 0 Å². The van der Waals surface area contributed by atoms with Gasteiger partial charge in [-0.1, -0.05) is 72.8 Å². The molecule has 0 radical (unpaired) electrons. The van der Waals surface area contributed by atoms with Gasteiger partial charge in [0.2, 0.25) is 0 Å². The summed E-state index contributed by atoms with van der Waals surface area (Å²) in [5.74, 6) is 1.41. The minimum Gasteiger partial charge on any atom is -0.443 e. The summed E-state index contributed by atoms with van der Waals surface area (Å²) in [6.45, 7) is 0.686. The summed E-state index contributed by atoms with van der Waals surface area (Å²) in [7, 11) is 0. The number of nitrogens with one attached hydrogen (secondary N) is 1. The quantitative estimate of drug-likeness (QED) is 0.200. The van der Waals surface area contributed by atoms with E-state index in [1.54, 1.807) is 12.4 Å². The SMILES string of the molecule is C1=C(c2cnco2)C=C(c2c3ccccc3c(-c3cncc(-c4cnco4)c3)c3cc(-c4ccc5ccccc5c4)ccc23)CN1. The maximum Gasteiger partial charge on any atom is 0.181 e. The van der Waals surface area contributed by atoms with Crippen LogP contribution in [0.4, 0.5) is 0 Å². The normalized spacial score (nSPS) is 13.1. The van der Waals surface area contributed by atoms with E-state index in [2.05, 4.69) is 117 Å². The van der Waals surface area contributed by atoms with Gasteiger partial charge in [-0.2, -0.15) is 0 Å². The van der Waals surface area contributed by atoms with E-state index in [0.717, 1.165) is 49.7 Å². The van der Waals surface area contributed by atoms with Crippen LogP contribution in [-0.4, -0.2) is 21.5 Å². The molecule has 3 aromatic heterocycles. The molecule has 0 saturated carbocycles. The molecule has 218 valence electrons. The Kier molecular flexibility index (Phi) is 6.09. The Morgan fingerprint density at radius 2 is 1.22 bits per heavy atom. The number of allylic oxidation sites excluding steroid dienone is 2. The van der Waals surface area contributed by atoms with Crippen LogP contribution in [0.3, 0.4) is 0 Å². The van der Waals surface area contributed by atoms with Crippen LogP contribution in [0.2, 0.25) is 0 Å². The molecule has 46 heavy (non-hydrogen) atoms. The summed E-state index contributed by atoms with van der Waals surface area (Å²) in [6, 6.07) is 32.8. The molecule has 6 heteroatoms. The number of benzene rings is 5. The first-order chi connectivity index (χ1) is 22.8. The number of hydrogen-bond acceptors (Lipinski definition) is 6. The summed E-state index contributed by atoms with van der Waals surface area (Å²) >= 11 is 0. The van der Waals surface area contributed by atoms with Gasteiger partial charge in [0.05, 0.1) is 12.4 Å². The second-order valence-electron chi connectivity index (χ2n) is 11.5. The van der Waals surface area contributed by atoms with Gasteiger partial charge >= 0.3 is 0 Å². The van der Waals surface area contributed by atoms with E-state index in [0.29, 0.717) is 12.3 Å². The predicted molar refractivity (Wildman–Crippen MR) is 184 cm³/mol. The summed E-state index contributed by atoms with van der Waals surface area (Å²) in [4.78, 5) is 12.9. The van der Waals surface area contributed by atoms with Gasteiger partial charge in [0.15, 0.2) is 24.3 Å². The van der Waals surface area contributed by atoms with Crippen molar-refractivity contribution in [1.29, 1.82) is 0 Å².